The Morgan fingerprint density at radius 2 is 2.00 bits per heavy atom. The molecule has 1 saturated heterocycles. The Kier molecular flexibility index (Phi) is 4.28. The van der Waals surface area contributed by atoms with Gasteiger partial charge in [0.2, 0.25) is 0 Å². The summed E-state index contributed by atoms with van der Waals surface area (Å²) in [6.45, 7) is 6.94. The van der Waals surface area contributed by atoms with Gasteiger partial charge in [-0.2, -0.15) is 5.10 Å². The van der Waals surface area contributed by atoms with Gasteiger partial charge >= 0.3 is 0 Å². The first-order valence-electron chi connectivity index (χ1n) is 8.39. The number of H-pyrrole nitrogens is 1. The van der Waals surface area contributed by atoms with Crippen LogP contribution in [0.5, 0.6) is 0 Å². The molecule has 1 N–H and O–H groups in total. The molecular formula is C17H24N4S. The van der Waals surface area contributed by atoms with Crippen molar-refractivity contribution in [1.29, 1.82) is 0 Å². The van der Waals surface area contributed by atoms with Crippen LogP contribution < -0.4 is 0 Å². The molecule has 2 aromatic heterocycles. The second-order valence-corrected chi connectivity index (χ2v) is 7.59. The fourth-order valence-electron chi connectivity index (χ4n) is 3.60. The topological polar surface area (TPSA) is 35.2 Å². The summed E-state index contributed by atoms with van der Waals surface area (Å²) in [4.78, 5) is 6.64. The molecule has 4 rings (SSSR count). The number of thiophene rings is 1. The molecule has 0 aromatic carbocycles. The molecule has 4 nitrogen and oxygen atoms in total. The second kappa shape index (κ2) is 6.52. The van der Waals surface area contributed by atoms with Gasteiger partial charge in [0.05, 0.1) is 6.20 Å². The van der Waals surface area contributed by atoms with Crippen molar-refractivity contribution >= 4 is 11.3 Å². The van der Waals surface area contributed by atoms with Crippen LogP contribution in [0, 0.1) is 0 Å². The van der Waals surface area contributed by atoms with E-state index >= 15 is 0 Å². The highest BCUT2D eigenvalue weighted by Gasteiger charge is 2.18. The van der Waals surface area contributed by atoms with Crippen LogP contribution in [-0.2, 0) is 26.1 Å². The molecule has 0 radical (unpaired) electrons. The van der Waals surface area contributed by atoms with E-state index in [4.69, 9.17) is 0 Å². The fourth-order valence-corrected chi connectivity index (χ4v) is 4.53. The lowest BCUT2D eigenvalue weighted by Crippen LogP contribution is -2.29. The summed E-state index contributed by atoms with van der Waals surface area (Å²) in [6, 6.07) is 2.42. The summed E-state index contributed by atoms with van der Waals surface area (Å²) in [5.74, 6) is 0. The number of rotatable bonds is 4. The highest BCUT2D eigenvalue weighted by atomic mass is 32.1. The zero-order valence-corrected chi connectivity index (χ0v) is 13.9. The molecule has 0 atom stereocenters. The van der Waals surface area contributed by atoms with Crippen LogP contribution in [0.1, 0.15) is 41.0 Å². The number of nitrogens with zero attached hydrogens (tertiary/aromatic N) is 3. The average molecular weight is 316 g/mol. The summed E-state index contributed by atoms with van der Waals surface area (Å²) in [5.41, 5.74) is 4.20. The summed E-state index contributed by atoms with van der Waals surface area (Å²) < 4.78 is 0. The monoisotopic (exact) mass is 316 g/mol. The van der Waals surface area contributed by atoms with Gasteiger partial charge < -0.3 is 0 Å². The van der Waals surface area contributed by atoms with Gasteiger partial charge in [0.1, 0.15) is 0 Å². The zero-order chi connectivity index (χ0) is 14.8. The number of hydrogen-bond acceptors (Lipinski definition) is 4. The fraction of sp³-hybridized carbons (Fsp3) is 0.588. The van der Waals surface area contributed by atoms with E-state index in [2.05, 4.69) is 31.4 Å². The third kappa shape index (κ3) is 3.26. The number of likely N-dealkylation sites (tertiary alicyclic amines) is 1. The minimum atomic E-state index is 1.03. The van der Waals surface area contributed by atoms with E-state index in [0.29, 0.717) is 0 Å². The molecule has 0 unspecified atom stereocenters. The van der Waals surface area contributed by atoms with Gasteiger partial charge in [0.15, 0.2) is 0 Å². The highest BCUT2D eigenvalue weighted by Crippen LogP contribution is 2.23. The van der Waals surface area contributed by atoms with Crippen molar-refractivity contribution < 1.29 is 0 Å². The van der Waals surface area contributed by atoms with Gasteiger partial charge in [-0.05, 0) is 42.9 Å². The third-order valence-corrected chi connectivity index (χ3v) is 5.79. The van der Waals surface area contributed by atoms with Crippen molar-refractivity contribution in [3.05, 3.63) is 39.3 Å². The van der Waals surface area contributed by atoms with Crippen LogP contribution in [0.3, 0.4) is 0 Å². The summed E-state index contributed by atoms with van der Waals surface area (Å²) in [7, 11) is 0. The number of piperidine rings is 1. The number of nitrogens with one attached hydrogen (secondary N) is 1. The van der Waals surface area contributed by atoms with Gasteiger partial charge in [0, 0.05) is 48.7 Å². The molecule has 0 saturated carbocycles. The molecule has 118 valence electrons. The maximum Gasteiger partial charge on any atom is 0.0535 e. The first-order chi connectivity index (χ1) is 10.9. The molecule has 0 spiro atoms. The predicted molar refractivity (Wildman–Crippen MR) is 89.9 cm³/mol. The first kappa shape index (κ1) is 14.4. The van der Waals surface area contributed by atoms with Gasteiger partial charge in [-0.15, -0.1) is 11.3 Å². The SMILES string of the molecule is c1sc(CN2CCc3[nH]ncc3C2)cc1CN1CCCCC1. The minimum Gasteiger partial charge on any atom is -0.299 e. The number of fused-ring (bicyclic) bond motifs is 1. The number of hydrogen-bond donors (Lipinski definition) is 1. The Labute approximate surface area is 136 Å². The Bertz CT molecular complexity index is 612. The van der Waals surface area contributed by atoms with E-state index in [1.165, 1.54) is 54.0 Å². The average Bonchev–Trinajstić information content (AvgIpc) is 3.17. The van der Waals surface area contributed by atoms with Crippen molar-refractivity contribution in [3.8, 4) is 0 Å². The quantitative estimate of drug-likeness (QED) is 0.942. The van der Waals surface area contributed by atoms with E-state index in [9.17, 15) is 0 Å². The van der Waals surface area contributed by atoms with Crippen molar-refractivity contribution in [2.75, 3.05) is 19.6 Å². The van der Waals surface area contributed by atoms with Crippen LogP contribution in [0.25, 0.3) is 0 Å². The molecule has 0 aliphatic carbocycles. The Hall–Kier alpha value is -1.17. The van der Waals surface area contributed by atoms with Gasteiger partial charge in [-0.3, -0.25) is 14.9 Å². The molecule has 4 heterocycles. The molecular weight excluding hydrogens is 292 g/mol. The highest BCUT2D eigenvalue weighted by molar-refractivity contribution is 7.10. The molecule has 22 heavy (non-hydrogen) atoms. The summed E-state index contributed by atoms with van der Waals surface area (Å²) in [6.07, 6.45) is 7.24. The molecule has 1 fully saturated rings. The minimum absolute atomic E-state index is 1.03. The molecule has 2 aliphatic heterocycles. The standard InChI is InChI=1S/C17H24N4S/c1-2-5-20(6-3-1)10-14-8-16(22-13-14)12-21-7-4-17-15(11-21)9-18-19-17/h8-9,13H,1-7,10-12H2,(H,18,19). The molecule has 0 bridgehead atoms. The molecule has 5 heteroatoms. The van der Waals surface area contributed by atoms with Gasteiger partial charge in [-0.25, -0.2) is 0 Å². The third-order valence-electron chi connectivity index (χ3n) is 4.82. The van der Waals surface area contributed by atoms with Crippen molar-refractivity contribution in [1.82, 2.24) is 20.0 Å². The lowest BCUT2D eigenvalue weighted by molar-refractivity contribution is 0.221. The zero-order valence-electron chi connectivity index (χ0n) is 13.1. The summed E-state index contributed by atoms with van der Waals surface area (Å²) in [5, 5.41) is 9.63. The Morgan fingerprint density at radius 3 is 2.91 bits per heavy atom. The second-order valence-electron chi connectivity index (χ2n) is 6.59. The summed E-state index contributed by atoms with van der Waals surface area (Å²) >= 11 is 1.92. The maximum atomic E-state index is 4.16. The van der Waals surface area contributed by atoms with Crippen LogP contribution in [0.2, 0.25) is 0 Å². The lowest BCUT2D eigenvalue weighted by Gasteiger charge is -2.26. The van der Waals surface area contributed by atoms with Crippen LogP contribution in [0.15, 0.2) is 17.6 Å². The number of aromatic nitrogens is 2. The van der Waals surface area contributed by atoms with E-state index in [1.807, 2.05) is 17.5 Å². The number of aromatic amines is 1. The van der Waals surface area contributed by atoms with Crippen LogP contribution in [-0.4, -0.2) is 39.6 Å². The molecule has 2 aliphatic rings. The Morgan fingerprint density at radius 1 is 1.09 bits per heavy atom. The van der Waals surface area contributed by atoms with Crippen LogP contribution in [0.4, 0.5) is 0 Å². The predicted octanol–water partition coefficient (Wildman–Crippen LogP) is 3.02. The van der Waals surface area contributed by atoms with Crippen molar-refractivity contribution in [3.63, 3.8) is 0 Å². The van der Waals surface area contributed by atoms with Crippen molar-refractivity contribution in [2.24, 2.45) is 0 Å². The largest absolute Gasteiger partial charge is 0.299 e. The van der Waals surface area contributed by atoms with E-state index < -0.39 is 0 Å². The van der Waals surface area contributed by atoms with E-state index in [0.717, 1.165) is 32.6 Å². The van der Waals surface area contributed by atoms with Gasteiger partial charge in [-0.1, -0.05) is 6.42 Å². The van der Waals surface area contributed by atoms with Crippen molar-refractivity contribution in [2.45, 2.75) is 45.3 Å². The smallest absolute Gasteiger partial charge is 0.0535 e. The normalized spacial score (nSPS) is 20.2. The Balaban J connectivity index is 1.34. The lowest BCUT2D eigenvalue weighted by atomic mass is 10.1. The van der Waals surface area contributed by atoms with E-state index in [1.54, 1.807) is 0 Å². The van der Waals surface area contributed by atoms with Gasteiger partial charge in [0.25, 0.3) is 0 Å². The maximum absolute atomic E-state index is 4.16. The van der Waals surface area contributed by atoms with E-state index in [-0.39, 0.29) is 0 Å². The molecule has 0 amide bonds. The molecule has 2 aromatic rings. The first-order valence-corrected chi connectivity index (χ1v) is 9.27. The van der Waals surface area contributed by atoms with Crippen LogP contribution >= 0.6 is 11.3 Å².